The Morgan fingerprint density at radius 1 is 1.25 bits per heavy atom. The van der Waals surface area contributed by atoms with Gasteiger partial charge in [0, 0.05) is 36.1 Å². The summed E-state index contributed by atoms with van der Waals surface area (Å²) in [6.07, 6.45) is 4.23. The molecule has 0 fully saturated rings. The average Bonchev–Trinajstić information content (AvgIpc) is 3.34. The first kappa shape index (κ1) is 19.9. The molecule has 4 N–H and O–H groups in total. The van der Waals surface area contributed by atoms with E-state index >= 15 is 0 Å². The Morgan fingerprint density at radius 2 is 2.12 bits per heavy atom. The molecule has 0 spiro atoms. The van der Waals surface area contributed by atoms with Crippen LogP contribution >= 0.6 is 0 Å². The summed E-state index contributed by atoms with van der Waals surface area (Å²) in [4.78, 5) is 28.4. The number of hydrogen-bond donors (Lipinski definition) is 4. The van der Waals surface area contributed by atoms with Crippen molar-refractivity contribution in [1.82, 2.24) is 25.3 Å². The first-order valence-electron chi connectivity index (χ1n) is 10.5. The van der Waals surface area contributed by atoms with Crippen LogP contribution in [0.1, 0.15) is 19.4 Å². The highest BCUT2D eigenvalue weighted by Gasteiger charge is 2.20. The normalized spacial score (nSPS) is 14.8. The molecular formula is C23H22FN7O. The molecule has 3 aromatic heterocycles. The maximum Gasteiger partial charge on any atom is 0.321 e. The zero-order chi connectivity index (χ0) is 22.2. The number of aromatic nitrogens is 4. The van der Waals surface area contributed by atoms with Gasteiger partial charge in [0.25, 0.3) is 0 Å². The van der Waals surface area contributed by atoms with Gasteiger partial charge in [-0.1, -0.05) is 0 Å². The molecule has 1 aromatic carbocycles. The molecule has 0 bridgehead atoms. The van der Waals surface area contributed by atoms with E-state index in [2.05, 4.69) is 48.9 Å². The van der Waals surface area contributed by atoms with Gasteiger partial charge in [-0.25, -0.2) is 19.2 Å². The van der Waals surface area contributed by atoms with Crippen LogP contribution in [0.2, 0.25) is 0 Å². The molecule has 5 rings (SSSR count). The van der Waals surface area contributed by atoms with Gasteiger partial charge in [0.15, 0.2) is 0 Å². The third-order valence-corrected chi connectivity index (χ3v) is 5.39. The average molecular weight is 431 g/mol. The lowest BCUT2D eigenvalue weighted by Crippen LogP contribution is -2.28. The number of nitrogens with one attached hydrogen (secondary N) is 4. The number of fused-ring (bicyclic) bond motifs is 2. The summed E-state index contributed by atoms with van der Waals surface area (Å²) >= 11 is 0. The van der Waals surface area contributed by atoms with Gasteiger partial charge >= 0.3 is 6.03 Å². The minimum absolute atomic E-state index is 0.206. The van der Waals surface area contributed by atoms with E-state index in [-0.39, 0.29) is 17.7 Å². The lowest BCUT2D eigenvalue weighted by Gasteiger charge is -2.09. The van der Waals surface area contributed by atoms with Crippen molar-refractivity contribution in [3.63, 3.8) is 0 Å². The van der Waals surface area contributed by atoms with Gasteiger partial charge in [0.2, 0.25) is 5.95 Å². The van der Waals surface area contributed by atoms with E-state index in [9.17, 15) is 9.18 Å². The second-order valence-electron chi connectivity index (χ2n) is 7.80. The summed E-state index contributed by atoms with van der Waals surface area (Å²) in [6, 6.07) is 8.75. The number of hydrogen-bond acceptors (Lipinski definition) is 5. The topological polar surface area (TPSA) is 108 Å². The highest BCUT2D eigenvalue weighted by atomic mass is 19.1. The number of imidazole rings is 1. The number of amides is 2. The fourth-order valence-electron chi connectivity index (χ4n) is 3.99. The number of H-pyrrole nitrogens is 1. The molecule has 2 amide bonds. The standard InChI is InChI=1S/C23H22FN7O/c1-3-25-23(32)31-22-29-18-10-13(15-8-14-7-12(2)28-21(14)27-11-15)9-16(20(18)30-22)19-17(24)5-4-6-26-19/h4-6,8-12H,3,7H2,1-2H3,(H,27,28)(H3,25,29,30,31,32). The zero-order valence-electron chi connectivity index (χ0n) is 17.7. The molecule has 1 aliphatic heterocycles. The minimum Gasteiger partial charge on any atom is -0.367 e. The van der Waals surface area contributed by atoms with Crippen molar-refractivity contribution in [2.45, 2.75) is 26.3 Å². The SMILES string of the molecule is CCNC(=O)Nc1nc2cc(-c3cnc4c(c3)CC(C)N4)cc(-c3ncccc3F)c2[nH]1. The predicted molar refractivity (Wildman–Crippen MR) is 122 cm³/mol. The summed E-state index contributed by atoms with van der Waals surface area (Å²) in [6.45, 7) is 4.43. The molecule has 0 saturated carbocycles. The summed E-state index contributed by atoms with van der Waals surface area (Å²) in [5.41, 5.74) is 4.81. The Hall–Kier alpha value is -4.01. The van der Waals surface area contributed by atoms with Crippen molar-refractivity contribution in [3.05, 3.63) is 54.1 Å². The molecule has 1 aliphatic rings. The van der Waals surface area contributed by atoms with Gasteiger partial charge in [0.05, 0.1) is 11.0 Å². The number of carbonyl (C=O) groups is 1. The number of nitrogens with zero attached hydrogens (tertiary/aromatic N) is 3. The number of urea groups is 1. The maximum absolute atomic E-state index is 14.7. The van der Waals surface area contributed by atoms with Gasteiger partial charge in [-0.3, -0.25) is 10.3 Å². The quantitative estimate of drug-likeness (QED) is 0.385. The molecule has 8 nitrogen and oxygen atoms in total. The molecule has 0 radical (unpaired) electrons. The Bertz CT molecular complexity index is 1330. The van der Waals surface area contributed by atoms with Gasteiger partial charge in [-0.15, -0.1) is 0 Å². The Morgan fingerprint density at radius 3 is 2.94 bits per heavy atom. The highest BCUT2D eigenvalue weighted by molar-refractivity contribution is 5.98. The molecule has 0 aliphatic carbocycles. The summed E-state index contributed by atoms with van der Waals surface area (Å²) in [5.74, 6) is 0.723. The summed E-state index contributed by atoms with van der Waals surface area (Å²) in [5, 5.41) is 8.68. The van der Waals surface area contributed by atoms with E-state index in [1.54, 1.807) is 18.5 Å². The lowest BCUT2D eigenvalue weighted by molar-refractivity contribution is 0.252. The second kappa shape index (κ2) is 7.92. The highest BCUT2D eigenvalue weighted by Crippen LogP contribution is 2.35. The van der Waals surface area contributed by atoms with E-state index in [1.165, 1.54) is 6.07 Å². The third-order valence-electron chi connectivity index (χ3n) is 5.39. The Kier molecular flexibility index (Phi) is 4.93. The fraction of sp³-hybridized carbons (Fsp3) is 0.217. The van der Waals surface area contributed by atoms with Gasteiger partial charge < -0.3 is 15.6 Å². The first-order chi connectivity index (χ1) is 15.5. The van der Waals surface area contributed by atoms with Crippen molar-refractivity contribution in [1.29, 1.82) is 0 Å². The molecule has 4 heterocycles. The number of benzene rings is 1. The molecule has 9 heteroatoms. The second-order valence-corrected chi connectivity index (χ2v) is 7.80. The summed E-state index contributed by atoms with van der Waals surface area (Å²) < 4.78 is 14.7. The van der Waals surface area contributed by atoms with Crippen molar-refractivity contribution < 1.29 is 9.18 Å². The number of pyridine rings is 2. The molecule has 0 saturated heterocycles. The van der Waals surface area contributed by atoms with Crippen LogP contribution in [0.15, 0.2) is 42.7 Å². The predicted octanol–water partition coefficient (Wildman–Crippen LogP) is 4.32. The molecule has 32 heavy (non-hydrogen) atoms. The number of halogens is 1. The van der Waals surface area contributed by atoms with E-state index < -0.39 is 5.82 Å². The van der Waals surface area contributed by atoms with Crippen LogP contribution in [0.5, 0.6) is 0 Å². The zero-order valence-corrected chi connectivity index (χ0v) is 17.7. The van der Waals surface area contributed by atoms with Crippen LogP contribution in [0, 0.1) is 5.82 Å². The van der Waals surface area contributed by atoms with Gasteiger partial charge in [-0.2, -0.15) is 0 Å². The van der Waals surface area contributed by atoms with Crippen molar-refractivity contribution in [2.75, 3.05) is 17.2 Å². The lowest BCUT2D eigenvalue weighted by atomic mass is 9.99. The van der Waals surface area contributed by atoms with Crippen LogP contribution in [-0.2, 0) is 6.42 Å². The van der Waals surface area contributed by atoms with Crippen molar-refractivity contribution in [2.24, 2.45) is 0 Å². The molecule has 4 aromatic rings. The Labute approximate surface area is 183 Å². The first-order valence-corrected chi connectivity index (χ1v) is 10.5. The molecule has 1 unspecified atom stereocenters. The third kappa shape index (κ3) is 3.62. The van der Waals surface area contributed by atoms with E-state index in [4.69, 9.17) is 0 Å². The van der Waals surface area contributed by atoms with Crippen LogP contribution < -0.4 is 16.0 Å². The Balaban J connectivity index is 1.65. The van der Waals surface area contributed by atoms with E-state index in [0.717, 1.165) is 28.9 Å². The fourth-order valence-corrected chi connectivity index (χ4v) is 3.99. The molecule has 1 atom stereocenters. The van der Waals surface area contributed by atoms with E-state index in [1.807, 2.05) is 19.1 Å². The van der Waals surface area contributed by atoms with Crippen LogP contribution in [-0.4, -0.2) is 38.6 Å². The number of rotatable bonds is 4. The monoisotopic (exact) mass is 431 g/mol. The maximum atomic E-state index is 14.7. The minimum atomic E-state index is -0.441. The van der Waals surface area contributed by atoms with Crippen LogP contribution in [0.3, 0.4) is 0 Å². The number of carbonyl (C=O) groups excluding carboxylic acids is 1. The van der Waals surface area contributed by atoms with Crippen LogP contribution in [0.25, 0.3) is 33.4 Å². The smallest absolute Gasteiger partial charge is 0.321 e. The summed E-state index contributed by atoms with van der Waals surface area (Å²) in [7, 11) is 0. The molecular weight excluding hydrogens is 409 g/mol. The molecule has 162 valence electrons. The van der Waals surface area contributed by atoms with Crippen molar-refractivity contribution in [3.8, 4) is 22.4 Å². The largest absolute Gasteiger partial charge is 0.367 e. The van der Waals surface area contributed by atoms with Gasteiger partial charge in [0.1, 0.15) is 17.3 Å². The van der Waals surface area contributed by atoms with Crippen molar-refractivity contribution >= 4 is 28.8 Å². The van der Waals surface area contributed by atoms with E-state index in [0.29, 0.717) is 29.2 Å². The van der Waals surface area contributed by atoms with Gasteiger partial charge in [-0.05, 0) is 61.7 Å². The number of aromatic amines is 1. The number of anilines is 2. The van der Waals surface area contributed by atoms with Crippen LogP contribution in [0.4, 0.5) is 21.0 Å².